The summed E-state index contributed by atoms with van der Waals surface area (Å²) in [6.45, 7) is 4.02. The first-order valence-electron chi connectivity index (χ1n) is 6.61. The van der Waals surface area contributed by atoms with Crippen LogP contribution in [0.4, 0.5) is 0 Å². The van der Waals surface area contributed by atoms with E-state index in [2.05, 4.69) is 22.0 Å². The summed E-state index contributed by atoms with van der Waals surface area (Å²) in [4.78, 5) is 12.3. The Morgan fingerprint density at radius 1 is 1.15 bits per heavy atom. The summed E-state index contributed by atoms with van der Waals surface area (Å²) >= 11 is 3.49. The molecule has 1 heterocycles. The van der Waals surface area contributed by atoms with Gasteiger partial charge in [-0.25, -0.2) is 0 Å². The minimum Gasteiger partial charge on any atom is -0.484 e. The van der Waals surface area contributed by atoms with Gasteiger partial charge in [0.2, 0.25) is 0 Å². The number of rotatable bonds is 1. The van der Waals surface area contributed by atoms with E-state index in [1.54, 1.807) is 0 Å². The van der Waals surface area contributed by atoms with Gasteiger partial charge in [-0.1, -0.05) is 39.7 Å². The average Bonchev–Trinajstić information content (AvgIpc) is 2.42. The quantitative estimate of drug-likeness (QED) is 0.752. The van der Waals surface area contributed by atoms with Crippen molar-refractivity contribution in [1.82, 2.24) is 0 Å². The van der Waals surface area contributed by atoms with Crippen molar-refractivity contribution in [3.63, 3.8) is 0 Å². The number of carbonyl (C=O) groups excluding carboxylic acids is 1. The Labute approximate surface area is 126 Å². The zero-order valence-electron chi connectivity index (χ0n) is 11.4. The van der Waals surface area contributed by atoms with E-state index in [1.807, 2.05) is 44.2 Å². The number of Topliss-reactive ketones (excluding diaryl/α,β-unsaturated/α-hetero) is 1. The van der Waals surface area contributed by atoms with E-state index in [1.165, 1.54) is 0 Å². The van der Waals surface area contributed by atoms with Crippen LogP contribution in [0.2, 0.25) is 0 Å². The molecule has 0 saturated carbocycles. The maximum atomic E-state index is 12.3. The molecule has 2 aromatic rings. The molecule has 20 heavy (non-hydrogen) atoms. The third-order valence-electron chi connectivity index (χ3n) is 3.63. The van der Waals surface area contributed by atoms with E-state index < -0.39 is 0 Å². The third-order valence-corrected chi connectivity index (χ3v) is 4.52. The van der Waals surface area contributed by atoms with Gasteiger partial charge in [-0.15, -0.1) is 0 Å². The van der Waals surface area contributed by atoms with Crippen LogP contribution in [0.5, 0.6) is 5.75 Å². The van der Waals surface area contributed by atoms with Crippen LogP contribution < -0.4 is 4.74 Å². The first-order valence-corrected chi connectivity index (χ1v) is 7.40. The van der Waals surface area contributed by atoms with E-state index in [0.717, 1.165) is 21.2 Å². The molecule has 0 radical (unpaired) electrons. The van der Waals surface area contributed by atoms with Crippen molar-refractivity contribution in [2.75, 3.05) is 0 Å². The van der Waals surface area contributed by atoms with Gasteiger partial charge in [-0.2, -0.15) is 0 Å². The molecule has 1 aliphatic rings. The molecule has 0 bridgehead atoms. The van der Waals surface area contributed by atoms with Gasteiger partial charge in [0, 0.05) is 4.47 Å². The molecule has 0 spiro atoms. The summed E-state index contributed by atoms with van der Waals surface area (Å²) in [5.41, 5.74) is 3.98. The summed E-state index contributed by atoms with van der Waals surface area (Å²) in [7, 11) is 0. The first kappa shape index (κ1) is 13.4. The molecule has 1 unspecified atom stereocenters. The summed E-state index contributed by atoms with van der Waals surface area (Å²) < 4.78 is 7.07. The van der Waals surface area contributed by atoms with Gasteiger partial charge in [0.15, 0.2) is 5.78 Å². The number of fused-ring (bicyclic) bond motifs is 1. The molecule has 0 fully saturated rings. The lowest BCUT2D eigenvalue weighted by Crippen LogP contribution is -2.20. The molecule has 1 aliphatic heterocycles. The van der Waals surface area contributed by atoms with Gasteiger partial charge < -0.3 is 4.74 Å². The molecule has 0 amide bonds. The Morgan fingerprint density at radius 3 is 2.70 bits per heavy atom. The second kappa shape index (κ2) is 5.06. The lowest BCUT2D eigenvalue weighted by Gasteiger charge is -2.26. The highest BCUT2D eigenvalue weighted by Crippen LogP contribution is 2.36. The topological polar surface area (TPSA) is 26.3 Å². The fraction of sp³-hybridized carbons (Fsp3) is 0.235. The molecule has 2 aromatic carbocycles. The standard InChI is InChI=1S/C17H15BrO2/c1-10-3-6-16-13(7-10)15(19)9-17(20-16)12-4-5-14(18)11(2)8-12/h3-8,17H,9H2,1-2H3. The highest BCUT2D eigenvalue weighted by molar-refractivity contribution is 9.10. The van der Waals surface area contributed by atoms with Crippen molar-refractivity contribution in [3.05, 3.63) is 63.1 Å². The first-order chi connectivity index (χ1) is 9.54. The van der Waals surface area contributed by atoms with Gasteiger partial charge in [0.1, 0.15) is 11.9 Å². The molecule has 3 rings (SSSR count). The van der Waals surface area contributed by atoms with Gasteiger partial charge in [-0.05, 0) is 43.2 Å². The predicted octanol–water partition coefficient (Wildman–Crippen LogP) is 4.77. The second-order valence-corrected chi connectivity index (χ2v) is 6.10. The van der Waals surface area contributed by atoms with Crippen molar-refractivity contribution >= 4 is 21.7 Å². The van der Waals surface area contributed by atoms with Crippen molar-refractivity contribution in [3.8, 4) is 5.75 Å². The molecule has 0 N–H and O–H groups in total. The van der Waals surface area contributed by atoms with Gasteiger partial charge in [0.05, 0.1) is 12.0 Å². The van der Waals surface area contributed by atoms with Crippen LogP contribution >= 0.6 is 15.9 Å². The zero-order valence-corrected chi connectivity index (χ0v) is 13.0. The minimum atomic E-state index is -0.190. The molecule has 2 nitrogen and oxygen atoms in total. The van der Waals surface area contributed by atoms with E-state index in [4.69, 9.17) is 4.74 Å². The van der Waals surface area contributed by atoms with E-state index in [9.17, 15) is 4.79 Å². The van der Waals surface area contributed by atoms with Crippen LogP contribution in [0, 0.1) is 13.8 Å². The lowest BCUT2D eigenvalue weighted by molar-refractivity contribution is 0.0850. The average molecular weight is 331 g/mol. The lowest BCUT2D eigenvalue weighted by atomic mass is 9.94. The Hall–Kier alpha value is -1.61. The molecular weight excluding hydrogens is 316 g/mol. The third kappa shape index (κ3) is 2.38. The van der Waals surface area contributed by atoms with Crippen molar-refractivity contribution < 1.29 is 9.53 Å². The van der Waals surface area contributed by atoms with Gasteiger partial charge in [-0.3, -0.25) is 4.79 Å². The monoisotopic (exact) mass is 330 g/mol. The smallest absolute Gasteiger partial charge is 0.170 e. The van der Waals surface area contributed by atoms with Crippen molar-refractivity contribution in [1.29, 1.82) is 0 Å². The largest absolute Gasteiger partial charge is 0.484 e. The van der Waals surface area contributed by atoms with E-state index in [0.29, 0.717) is 17.7 Å². The molecule has 0 saturated heterocycles. The van der Waals surface area contributed by atoms with Crippen LogP contribution in [0.1, 0.15) is 39.6 Å². The fourth-order valence-corrected chi connectivity index (χ4v) is 2.74. The highest BCUT2D eigenvalue weighted by atomic mass is 79.9. The molecular formula is C17H15BrO2. The van der Waals surface area contributed by atoms with Gasteiger partial charge >= 0.3 is 0 Å². The normalized spacial score (nSPS) is 17.6. The summed E-state index contributed by atoms with van der Waals surface area (Å²) in [6.07, 6.45) is 0.210. The summed E-state index contributed by atoms with van der Waals surface area (Å²) in [6, 6.07) is 11.8. The SMILES string of the molecule is Cc1ccc2c(c1)C(=O)CC(c1ccc(Br)c(C)c1)O2. The molecule has 3 heteroatoms. The van der Waals surface area contributed by atoms with Crippen LogP contribution in [0.15, 0.2) is 40.9 Å². The Bertz CT molecular complexity index is 691. The number of ether oxygens (including phenoxy) is 1. The molecule has 1 atom stereocenters. The Morgan fingerprint density at radius 2 is 1.95 bits per heavy atom. The van der Waals surface area contributed by atoms with Crippen molar-refractivity contribution in [2.24, 2.45) is 0 Å². The maximum absolute atomic E-state index is 12.3. The van der Waals surface area contributed by atoms with E-state index >= 15 is 0 Å². The number of aryl methyl sites for hydroxylation is 2. The van der Waals surface area contributed by atoms with E-state index in [-0.39, 0.29) is 11.9 Å². The molecule has 102 valence electrons. The van der Waals surface area contributed by atoms with Crippen LogP contribution in [-0.2, 0) is 0 Å². The Balaban J connectivity index is 1.97. The summed E-state index contributed by atoms with van der Waals surface area (Å²) in [5, 5.41) is 0. The number of hydrogen-bond donors (Lipinski definition) is 0. The number of hydrogen-bond acceptors (Lipinski definition) is 2. The Kier molecular flexibility index (Phi) is 3.38. The second-order valence-electron chi connectivity index (χ2n) is 5.24. The number of halogens is 1. The van der Waals surface area contributed by atoms with Gasteiger partial charge in [0.25, 0.3) is 0 Å². The van der Waals surface area contributed by atoms with Crippen LogP contribution in [0.3, 0.4) is 0 Å². The highest BCUT2D eigenvalue weighted by Gasteiger charge is 2.27. The number of benzene rings is 2. The molecule has 0 aliphatic carbocycles. The van der Waals surface area contributed by atoms with Crippen LogP contribution in [-0.4, -0.2) is 5.78 Å². The van der Waals surface area contributed by atoms with Crippen LogP contribution in [0.25, 0.3) is 0 Å². The number of ketones is 1. The summed E-state index contributed by atoms with van der Waals surface area (Å²) in [5.74, 6) is 0.845. The fourth-order valence-electron chi connectivity index (χ4n) is 2.49. The molecule has 0 aromatic heterocycles. The predicted molar refractivity (Wildman–Crippen MR) is 82.4 cm³/mol. The number of carbonyl (C=O) groups is 1. The maximum Gasteiger partial charge on any atom is 0.170 e. The van der Waals surface area contributed by atoms with Crippen molar-refractivity contribution in [2.45, 2.75) is 26.4 Å². The zero-order chi connectivity index (χ0) is 14.3. The minimum absolute atomic E-state index is 0.153.